The van der Waals surface area contributed by atoms with Gasteiger partial charge in [0.25, 0.3) is 5.78 Å². The summed E-state index contributed by atoms with van der Waals surface area (Å²) in [5, 5.41) is 0. The number of hydrogen-bond acceptors (Lipinski definition) is 7. The Kier molecular flexibility index (Phi) is 3.96. The third kappa shape index (κ3) is 2.54. The molecular formula is C11H16O7. The number of ketones is 1. The van der Waals surface area contributed by atoms with Crippen LogP contribution in [0.5, 0.6) is 0 Å². The molecule has 2 fully saturated rings. The van der Waals surface area contributed by atoms with E-state index < -0.39 is 42.6 Å². The molecule has 7 nitrogen and oxygen atoms in total. The minimum atomic E-state index is -1.02. The lowest BCUT2D eigenvalue weighted by Gasteiger charge is -2.43. The number of Topliss-reactive ketones (excluding diaryl/α,β-unsaturated/α-hetero) is 1. The molecule has 0 aromatic heterocycles. The summed E-state index contributed by atoms with van der Waals surface area (Å²) in [4.78, 5) is 23.2. The van der Waals surface area contributed by atoms with Gasteiger partial charge in [0.1, 0.15) is 12.2 Å². The molecule has 0 radical (unpaired) electrons. The van der Waals surface area contributed by atoms with Crippen molar-refractivity contribution in [2.24, 2.45) is 0 Å². The zero-order valence-electron chi connectivity index (χ0n) is 10.5. The van der Waals surface area contributed by atoms with Gasteiger partial charge >= 0.3 is 5.97 Å². The van der Waals surface area contributed by atoms with Crippen molar-refractivity contribution in [2.45, 2.75) is 44.7 Å². The average Bonchev–Trinajstić information content (AvgIpc) is 2.36. The van der Waals surface area contributed by atoms with E-state index in [9.17, 15) is 9.59 Å². The molecule has 2 unspecified atom stereocenters. The van der Waals surface area contributed by atoms with Crippen molar-refractivity contribution < 1.29 is 33.3 Å². The van der Waals surface area contributed by atoms with E-state index in [1.54, 1.807) is 13.8 Å². The minimum Gasteiger partial charge on any atom is -0.463 e. The summed E-state index contributed by atoms with van der Waals surface area (Å²) in [6, 6.07) is 0. The Bertz CT molecular complexity index is 342. The van der Waals surface area contributed by atoms with Gasteiger partial charge in [0, 0.05) is 0 Å². The molecule has 102 valence electrons. The molecule has 0 bridgehead atoms. The Balaban J connectivity index is 2.15. The van der Waals surface area contributed by atoms with Gasteiger partial charge in [-0.15, -0.1) is 0 Å². The van der Waals surface area contributed by atoms with Crippen LogP contribution in [-0.4, -0.2) is 56.4 Å². The topological polar surface area (TPSA) is 80.3 Å². The molecule has 0 spiro atoms. The zero-order chi connectivity index (χ0) is 13.3. The highest BCUT2D eigenvalue weighted by Crippen LogP contribution is 2.27. The number of methoxy groups -OCH3 is 1. The van der Waals surface area contributed by atoms with Crippen LogP contribution in [0.3, 0.4) is 0 Å². The monoisotopic (exact) mass is 260 g/mol. The number of rotatable bonds is 2. The van der Waals surface area contributed by atoms with Crippen LogP contribution in [0.2, 0.25) is 0 Å². The number of ether oxygens (including phenoxy) is 5. The van der Waals surface area contributed by atoms with Crippen molar-refractivity contribution in [1.82, 2.24) is 0 Å². The standard InChI is InChI=1S/C11H16O7/c1-5-15-4-7-9(17-5)10(18-6(2)16-7)8(12)11(13)14-3/h5-7,9-10H,4H2,1-3H3/t5?,6?,7-,9+,10-/m0/s1. The first-order chi connectivity index (χ1) is 8.52. The molecular weight excluding hydrogens is 244 g/mol. The number of esters is 1. The molecule has 0 aromatic carbocycles. The van der Waals surface area contributed by atoms with Gasteiger partial charge < -0.3 is 23.7 Å². The van der Waals surface area contributed by atoms with E-state index in [2.05, 4.69) is 4.74 Å². The van der Waals surface area contributed by atoms with E-state index in [1.165, 1.54) is 0 Å². The van der Waals surface area contributed by atoms with Gasteiger partial charge in [-0.25, -0.2) is 4.79 Å². The summed E-state index contributed by atoms with van der Waals surface area (Å²) in [5.41, 5.74) is 0. The van der Waals surface area contributed by atoms with Crippen molar-refractivity contribution in [3.8, 4) is 0 Å². The van der Waals surface area contributed by atoms with Gasteiger partial charge in [0.15, 0.2) is 18.7 Å². The summed E-state index contributed by atoms with van der Waals surface area (Å²) >= 11 is 0. The Morgan fingerprint density at radius 3 is 2.50 bits per heavy atom. The van der Waals surface area contributed by atoms with Crippen LogP contribution in [-0.2, 0) is 33.3 Å². The third-order valence-corrected chi connectivity index (χ3v) is 2.86. The lowest BCUT2D eigenvalue weighted by Crippen LogP contribution is -2.60. The highest BCUT2D eigenvalue weighted by molar-refractivity contribution is 6.35. The molecule has 2 rings (SSSR count). The van der Waals surface area contributed by atoms with Crippen LogP contribution < -0.4 is 0 Å². The molecule has 0 aliphatic carbocycles. The second kappa shape index (κ2) is 5.31. The quantitative estimate of drug-likeness (QED) is 0.494. The maximum absolute atomic E-state index is 11.9. The van der Waals surface area contributed by atoms with Crippen molar-refractivity contribution >= 4 is 11.8 Å². The van der Waals surface area contributed by atoms with Crippen LogP contribution in [0.25, 0.3) is 0 Å². The Morgan fingerprint density at radius 1 is 1.11 bits per heavy atom. The minimum absolute atomic E-state index is 0.296. The van der Waals surface area contributed by atoms with Gasteiger partial charge in [0.05, 0.1) is 13.7 Å². The van der Waals surface area contributed by atoms with Gasteiger partial charge in [-0.05, 0) is 13.8 Å². The van der Waals surface area contributed by atoms with Crippen molar-refractivity contribution in [1.29, 1.82) is 0 Å². The van der Waals surface area contributed by atoms with Gasteiger partial charge in [-0.3, -0.25) is 4.79 Å². The van der Waals surface area contributed by atoms with Gasteiger partial charge in [-0.1, -0.05) is 0 Å². The highest BCUT2D eigenvalue weighted by atomic mass is 16.8. The molecule has 2 aliphatic rings. The number of carbonyl (C=O) groups is 2. The van der Waals surface area contributed by atoms with E-state index >= 15 is 0 Å². The van der Waals surface area contributed by atoms with Gasteiger partial charge in [0.2, 0.25) is 0 Å². The number of hydrogen-bond donors (Lipinski definition) is 0. The molecule has 18 heavy (non-hydrogen) atoms. The molecule has 7 heteroatoms. The Labute approximate surface area is 104 Å². The molecule has 2 saturated heterocycles. The molecule has 0 amide bonds. The fourth-order valence-electron chi connectivity index (χ4n) is 2.05. The summed E-state index contributed by atoms with van der Waals surface area (Å²) in [7, 11) is 1.15. The van der Waals surface area contributed by atoms with E-state index in [0.717, 1.165) is 7.11 Å². The highest BCUT2D eigenvalue weighted by Gasteiger charge is 2.48. The van der Waals surface area contributed by atoms with E-state index in [0.29, 0.717) is 6.61 Å². The molecule has 2 heterocycles. The maximum atomic E-state index is 11.9. The average molecular weight is 260 g/mol. The number of fused-ring (bicyclic) bond motifs is 1. The first kappa shape index (κ1) is 13.4. The lowest BCUT2D eigenvalue weighted by atomic mass is 10.0. The van der Waals surface area contributed by atoms with Crippen molar-refractivity contribution in [3.63, 3.8) is 0 Å². The second-order valence-electron chi connectivity index (χ2n) is 4.16. The smallest absolute Gasteiger partial charge is 0.377 e. The third-order valence-electron chi connectivity index (χ3n) is 2.86. The maximum Gasteiger partial charge on any atom is 0.377 e. The van der Waals surface area contributed by atoms with Crippen LogP contribution >= 0.6 is 0 Å². The Hall–Kier alpha value is -1.02. The molecule has 0 aromatic rings. The fraction of sp³-hybridized carbons (Fsp3) is 0.818. The Morgan fingerprint density at radius 2 is 1.83 bits per heavy atom. The first-order valence-electron chi connectivity index (χ1n) is 5.73. The number of carbonyl (C=O) groups excluding carboxylic acids is 2. The lowest BCUT2D eigenvalue weighted by molar-refractivity contribution is -0.343. The SMILES string of the molecule is COC(=O)C(=O)[C@@H]1OC(C)O[C@H]2COC(C)O[C@H]21. The van der Waals surface area contributed by atoms with Crippen LogP contribution in [0, 0.1) is 0 Å². The van der Waals surface area contributed by atoms with Crippen LogP contribution in [0.4, 0.5) is 0 Å². The predicted octanol–water partition coefficient (Wildman–Crippen LogP) is -0.380. The van der Waals surface area contributed by atoms with Crippen LogP contribution in [0.1, 0.15) is 13.8 Å². The zero-order valence-corrected chi connectivity index (χ0v) is 10.5. The summed E-state index contributed by atoms with van der Waals surface area (Å²) in [5.74, 6) is -1.72. The predicted molar refractivity (Wildman–Crippen MR) is 56.5 cm³/mol. The largest absolute Gasteiger partial charge is 0.463 e. The van der Waals surface area contributed by atoms with Gasteiger partial charge in [-0.2, -0.15) is 0 Å². The first-order valence-corrected chi connectivity index (χ1v) is 5.73. The summed E-state index contributed by atoms with van der Waals surface area (Å²) in [6.07, 6.45) is -3.18. The molecule has 5 atom stereocenters. The summed E-state index contributed by atoms with van der Waals surface area (Å²) in [6.45, 7) is 3.64. The second-order valence-corrected chi connectivity index (χ2v) is 4.16. The molecule has 0 N–H and O–H groups in total. The van der Waals surface area contributed by atoms with Crippen LogP contribution in [0.15, 0.2) is 0 Å². The molecule has 0 saturated carbocycles. The van der Waals surface area contributed by atoms with E-state index in [-0.39, 0.29) is 0 Å². The fourth-order valence-corrected chi connectivity index (χ4v) is 2.05. The van der Waals surface area contributed by atoms with E-state index in [4.69, 9.17) is 18.9 Å². The normalized spacial score (nSPS) is 39.8. The van der Waals surface area contributed by atoms with Crippen molar-refractivity contribution in [2.75, 3.05) is 13.7 Å². The van der Waals surface area contributed by atoms with E-state index in [1.807, 2.05) is 0 Å². The molecule has 2 aliphatic heterocycles. The van der Waals surface area contributed by atoms with Crippen molar-refractivity contribution in [3.05, 3.63) is 0 Å². The summed E-state index contributed by atoms with van der Waals surface area (Å²) < 4.78 is 25.9.